The number of rotatable bonds is 4. The van der Waals surface area contributed by atoms with E-state index in [0.717, 1.165) is 17.7 Å². The minimum Gasteiger partial charge on any atom is -0.461 e. The van der Waals surface area contributed by atoms with E-state index in [0.29, 0.717) is 28.3 Å². The fraction of sp³-hybridized carbons (Fsp3) is 0.263. The third kappa shape index (κ3) is 3.37. The van der Waals surface area contributed by atoms with Gasteiger partial charge in [0.25, 0.3) is 5.91 Å². The zero-order valence-corrected chi connectivity index (χ0v) is 14.2. The molecule has 1 N–H and O–H groups in total. The largest absolute Gasteiger partial charge is 0.461 e. The molecule has 1 saturated carbocycles. The summed E-state index contributed by atoms with van der Waals surface area (Å²) in [5.41, 5.74) is 1.33. The van der Waals surface area contributed by atoms with E-state index < -0.39 is 5.91 Å². The molecule has 122 valence electrons. The number of benzene rings is 1. The summed E-state index contributed by atoms with van der Waals surface area (Å²) in [5.74, 6) is 2.04. The predicted molar refractivity (Wildman–Crippen MR) is 93.6 cm³/mol. The highest BCUT2D eigenvalue weighted by Gasteiger charge is 2.36. The predicted octanol–water partition coefficient (Wildman–Crippen LogP) is 4.91. The van der Waals surface area contributed by atoms with Gasteiger partial charge in [0.15, 0.2) is 0 Å². The Morgan fingerprint density at radius 1 is 1.42 bits per heavy atom. The van der Waals surface area contributed by atoms with Gasteiger partial charge in [0.1, 0.15) is 23.2 Å². The van der Waals surface area contributed by atoms with E-state index in [2.05, 4.69) is 12.2 Å². The Morgan fingerprint density at radius 2 is 2.17 bits per heavy atom. The van der Waals surface area contributed by atoms with Crippen molar-refractivity contribution < 1.29 is 9.21 Å². The van der Waals surface area contributed by atoms with Crippen LogP contribution >= 0.6 is 11.6 Å². The van der Waals surface area contributed by atoms with E-state index in [1.807, 2.05) is 19.1 Å². The third-order valence-electron chi connectivity index (χ3n) is 4.29. The number of anilines is 1. The fourth-order valence-corrected chi connectivity index (χ4v) is 2.76. The topological polar surface area (TPSA) is 66.0 Å². The minimum atomic E-state index is -0.486. The van der Waals surface area contributed by atoms with Crippen LogP contribution < -0.4 is 5.32 Å². The SMILES string of the molecule is Cc1c(Cl)cccc1NC(=O)/C(C#N)=C/c1ccc([C@@H]2C[C@H]2C)o1. The monoisotopic (exact) mass is 340 g/mol. The first-order valence-electron chi connectivity index (χ1n) is 7.77. The van der Waals surface area contributed by atoms with Crippen molar-refractivity contribution in [3.63, 3.8) is 0 Å². The normalized spacial score (nSPS) is 19.7. The van der Waals surface area contributed by atoms with Crippen LogP contribution in [0.25, 0.3) is 6.08 Å². The van der Waals surface area contributed by atoms with Crippen molar-refractivity contribution in [3.05, 3.63) is 58.0 Å². The summed E-state index contributed by atoms with van der Waals surface area (Å²) in [7, 11) is 0. The molecule has 5 heteroatoms. The molecule has 1 fully saturated rings. The van der Waals surface area contributed by atoms with Gasteiger partial charge in [-0.3, -0.25) is 4.79 Å². The van der Waals surface area contributed by atoms with Gasteiger partial charge in [-0.15, -0.1) is 0 Å². The van der Waals surface area contributed by atoms with Crippen molar-refractivity contribution in [2.24, 2.45) is 5.92 Å². The molecule has 1 aromatic carbocycles. The zero-order valence-electron chi connectivity index (χ0n) is 13.5. The lowest BCUT2D eigenvalue weighted by atomic mass is 10.1. The number of carbonyl (C=O) groups excluding carboxylic acids is 1. The highest BCUT2D eigenvalue weighted by atomic mass is 35.5. The first-order chi connectivity index (χ1) is 11.5. The van der Waals surface area contributed by atoms with Crippen LogP contribution in [0.3, 0.4) is 0 Å². The molecule has 24 heavy (non-hydrogen) atoms. The highest BCUT2D eigenvalue weighted by Crippen LogP contribution is 2.47. The number of amides is 1. The molecule has 0 bridgehead atoms. The Kier molecular flexibility index (Phi) is 4.46. The number of halogens is 1. The number of carbonyl (C=O) groups is 1. The van der Waals surface area contributed by atoms with Gasteiger partial charge in [-0.05, 0) is 49.1 Å². The van der Waals surface area contributed by atoms with Gasteiger partial charge in [-0.2, -0.15) is 5.26 Å². The molecule has 1 heterocycles. The summed E-state index contributed by atoms with van der Waals surface area (Å²) in [6.45, 7) is 3.98. The third-order valence-corrected chi connectivity index (χ3v) is 4.70. The molecule has 0 spiro atoms. The Morgan fingerprint density at radius 3 is 2.83 bits per heavy atom. The maximum atomic E-state index is 12.3. The van der Waals surface area contributed by atoms with Crippen LogP contribution in [-0.2, 0) is 4.79 Å². The number of nitrogens with one attached hydrogen (secondary N) is 1. The average molecular weight is 341 g/mol. The van der Waals surface area contributed by atoms with Crippen LogP contribution in [0.1, 0.15) is 36.3 Å². The molecular weight excluding hydrogens is 324 g/mol. The van der Waals surface area contributed by atoms with Gasteiger partial charge in [0.2, 0.25) is 0 Å². The highest BCUT2D eigenvalue weighted by molar-refractivity contribution is 6.31. The van der Waals surface area contributed by atoms with Crippen molar-refractivity contribution in [1.82, 2.24) is 0 Å². The second-order valence-corrected chi connectivity index (χ2v) is 6.50. The summed E-state index contributed by atoms with van der Waals surface area (Å²) in [6, 6.07) is 10.9. The van der Waals surface area contributed by atoms with Crippen LogP contribution in [0.5, 0.6) is 0 Å². The Balaban J connectivity index is 1.78. The first-order valence-corrected chi connectivity index (χ1v) is 8.15. The van der Waals surface area contributed by atoms with Crippen molar-refractivity contribution in [2.75, 3.05) is 5.32 Å². The molecule has 0 radical (unpaired) electrons. The Hall–Kier alpha value is -2.51. The number of nitrogens with zero attached hydrogens (tertiary/aromatic N) is 1. The molecule has 0 aliphatic heterocycles. The van der Waals surface area contributed by atoms with Gasteiger partial charge >= 0.3 is 0 Å². The molecule has 1 amide bonds. The van der Waals surface area contributed by atoms with Gasteiger partial charge in [0.05, 0.1) is 0 Å². The van der Waals surface area contributed by atoms with Crippen molar-refractivity contribution >= 4 is 29.3 Å². The van der Waals surface area contributed by atoms with Crippen molar-refractivity contribution in [2.45, 2.75) is 26.2 Å². The van der Waals surface area contributed by atoms with E-state index in [9.17, 15) is 10.1 Å². The smallest absolute Gasteiger partial charge is 0.266 e. The van der Waals surface area contributed by atoms with E-state index in [4.69, 9.17) is 16.0 Å². The van der Waals surface area contributed by atoms with Crippen molar-refractivity contribution in [1.29, 1.82) is 5.26 Å². The average Bonchev–Trinajstić information content (AvgIpc) is 3.10. The molecular formula is C19H17ClN2O2. The molecule has 1 aliphatic rings. The number of nitriles is 1. The van der Waals surface area contributed by atoms with Crippen LogP contribution in [-0.4, -0.2) is 5.91 Å². The standard InChI is InChI=1S/C19H17ClN2O2/c1-11-8-15(11)18-7-6-14(24-18)9-13(10-21)19(23)22-17-5-3-4-16(20)12(17)2/h3-7,9,11,15H,8H2,1-2H3,(H,22,23)/b13-9+/t11-,15-/m1/s1. The van der Waals surface area contributed by atoms with Crippen LogP contribution in [0.2, 0.25) is 5.02 Å². The van der Waals surface area contributed by atoms with Crippen LogP contribution in [0.4, 0.5) is 5.69 Å². The molecule has 0 unspecified atom stereocenters. The summed E-state index contributed by atoms with van der Waals surface area (Å²) in [5, 5.41) is 12.6. The second-order valence-electron chi connectivity index (χ2n) is 6.10. The lowest BCUT2D eigenvalue weighted by Gasteiger charge is -2.08. The van der Waals surface area contributed by atoms with E-state index in [1.165, 1.54) is 6.08 Å². The maximum Gasteiger partial charge on any atom is 0.266 e. The molecule has 1 aliphatic carbocycles. The molecule has 2 atom stereocenters. The molecule has 3 rings (SSSR count). The van der Waals surface area contributed by atoms with E-state index in [1.54, 1.807) is 24.3 Å². The zero-order chi connectivity index (χ0) is 17.3. The van der Waals surface area contributed by atoms with Crippen LogP contribution in [0.15, 0.2) is 40.3 Å². The minimum absolute atomic E-state index is 0.0147. The summed E-state index contributed by atoms with van der Waals surface area (Å²) >= 11 is 6.04. The summed E-state index contributed by atoms with van der Waals surface area (Å²) in [4.78, 5) is 12.3. The first kappa shape index (κ1) is 16.4. The van der Waals surface area contributed by atoms with Crippen molar-refractivity contribution in [3.8, 4) is 6.07 Å². The molecule has 0 saturated heterocycles. The van der Waals surface area contributed by atoms with Gasteiger partial charge in [0, 0.05) is 22.7 Å². The molecule has 2 aromatic rings. The van der Waals surface area contributed by atoms with E-state index in [-0.39, 0.29) is 5.57 Å². The summed E-state index contributed by atoms with van der Waals surface area (Å²) < 4.78 is 5.72. The Labute approximate surface area is 145 Å². The lowest BCUT2D eigenvalue weighted by Crippen LogP contribution is -2.14. The van der Waals surface area contributed by atoms with Crippen LogP contribution in [0, 0.1) is 24.2 Å². The second kappa shape index (κ2) is 6.54. The van der Waals surface area contributed by atoms with E-state index >= 15 is 0 Å². The number of hydrogen-bond acceptors (Lipinski definition) is 3. The maximum absolute atomic E-state index is 12.3. The number of hydrogen-bond donors (Lipinski definition) is 1. The van der Waals surface area contributed by atoms with Gasteiger partial charge < -0.3 is 9.73 Å². The summed E-state index contributed by atoms with van der Waals surface area (Å²) in [6.07, 6.45) is 2.59. The fourth-order valence-electron chi connectivity index (χ4n) is 2.59. The lowest BCUT2D eigenvalue weighted by molar-refractivity contribution is -0.112. The Bertz CT molecular complexity index is 860. The van der Waals surface area contributed by atoms with Gasteiger partial charge in [-0.25, -0.2) is 0 Å². The molecule has 1 aromatic heterocycles. The quantitative estimate of drug-likeness (QED) is 0.635. The van der Waals surface area contributed by atoms with Gasteiger partial charge in [-0.1, -0.05) is 24.6 Å². The molecule has 4 nitrogen and oxygen atoms in total. The number of furan rings is 1.